The van der Waals surface area contributed by atoms with Gasteiger partial charge in [0.05, 0.1) is 0 Å². The third kappa shape index (κ3) is 2.61. The Balaban J connectivity index is 2.20. The highest BCUT2D eigenvalue weighted by Gasteiger charge is 2.12. The summed E-state index contributed by atoms with van der Waals surface area (Å²) < 4.78 is 13.1. The lowest BCUT2D eigenvalue weighted by molar-refractivity contribution is 0.619. The van der Waals surface area contributed by atoms with Gasteiger partial charge in [0.15, 0.2) is 0 Å². The normalized spacial score (nSPS) is 12.7. The molecule has 84 valence electrons. The molecule has 1 unspecified atom stereocenters. The molecular formula is C12H11ClFNS. The van der Waals surface area contributed by atoms with E-state index >= 15 is 0 Å². The van der Waals surface area contributed by atoms with Crippen LogP contribution >= 0.6 is 22.9 Å². The molecule has 2 N–H and O–H groups in total. The van der Waals surface area contributed by atoms with Crippen molar-refractivity contribution in [3.05, 3.63) is 57.0 Å². The van der Waals surface area contributed by atoms with Crippen molar-refractivity contribution in [2.24, 2.45) is 5.73 Å². The number of thiophene rings is 1. The summed E-state index contributed by atoms with van der Waals surface area (Å²) in [4.78, 5) is 1.17. The molecule has 0 amide bonds. The summed E-state index contributed by atoms with van der Waals surface area (Å²) in [5.74, 6) is -0.305. The van der Waals surface area contributed by atoms with E-state index in [1.54, 1.807) is 17.4 Å². The maximum absolute atomic E-state index is 13.1. The van der Waals surface area contributed by atoms with E-state index in [0.29, 0.717) is 17.0 Å². The number of benzene rings is 1. The van der Waals surface area contributed by atoms with Crippen LogP contribution in [-0.2, 0) is 6.42 Å². The van der Waals surface area contributed by atoms with Crippen LogP contribution < -0.4 is 5.73 Å². The molecule has 0 saturated heterocycles. The lowest BCUT2D eigenvalue weighted by Crippen LogP contribution is -2.13. The van der Waals surface area contributed by atoms with Crippen molar-refractivity contribution in [2.75, 3.05) is 0 Å². The zero-order valence-electron chi connectivity index (χ0n) is 8.49. The molecule has 1 nitrogen and oxygen atoms in total. The maximum atomic E-state index is 13.1. The quantitative estimate of drug-likeness (QED) is 0.887. The highest BCUT2D eigenvalue weighted by molar-refractivity contribution is 7.09. The van der Waals surface area contributed by atoms with Gasteiger partial charge in [-0.15, -0.1) is 11.3 Å². The first-order valence-corrected chi connectivity index (χ1v) is 6.15. The Morgan fingerprint density at radius 1 is 1.38 bits per heavy atom. The van der Waals surface area contributed by atoms with Crippen LogP contribution in [0.3, 0.4) is 0 Å². The average Bonchev–Trinajstić information content (AvgIpc) is 2.74. The molecule has 1 heterocycles. The molecule has 2 rings (SSSR count). The Hall–Kier alpha value is -0.900. The average molecular weight is 256 g/mol. The van der Waals surface area contributed by atoms with Crippen molar-refractivity contribution in [1.29, 1.82) is 0 Å². The summed E-state index contributed by atoms with van der Waals surface area (Å²) in [5, 5.41) is 2.51. The number of rotatable bonds is 3. The largest absolute Gasteiger partial charge is 0.324 e. The third-order valence-electron chi connectivity index (χ3n) is 2.36. The van der Waals surface area contributed by atoms with Crippen molar-refractivity contribution in [3.8, 4) is 0 Å². The van der Waals surface area contributed by atoms with Gasteiger partial charge in [-0.05, 0) is 35.2 Å². The first kappa shape index (κ1) is 11.6. The minimum Gasteiger partial charge on any atom is -0.324 e. The third-order valence-corrected chi connectivity index (χ3v) is 3.60. The predicted molar refractivity (Wildman–Crippen MR) is 66.4 cm³/mol. The lowest BCUT2D eigenvalue weighted by atomic mass is 10.0. The zero-order valence-corrected chi connectivity index (χ0v) is 10.1. The van der Waals surface area contributed by atoms with Gasteiger partial charge in [0.1, 0.15) is 5.82 Å². The van der Waals surface area contributed by atoms with Gasteiger partial charge in [0, 0.05) is 22.4 Å². The predicted octanol–water partition coefficient (Wildman–Crippen LogP) is 3.78. The van der Waals surface area contributed by atoms with E-state index in [1.165, 1.54) is 17.0 Å². The first-order chi connectivity index (χ1) is 7.66. The fourth-order valence-electron chi connectivity index (χ4n) is 1.55. The molecule has 0 bridgehead atoms. The highest BCUT2D eigenvalue weighted by Crippen LogP contribution is 2.26. The van der Waals surface area contributed by atoms with Gasteiger partial charge >= 0.3 is 0 Å². The monoisotopic (exact) mass is 255 g/mol. The fourth-order valence-corrected chi connectivity index (χ4v) is 2.58. The molecule has 0 aliphatic carbocycles. The van der Waals surface area contributed by atoms with Crippen LogP contribution in [0.4, 0.5) is 4.39 Å². The van der Waals surface area contributed by atoms with E-state index in [2.05, 4.69) is 0 Å². The standard InChI is InChI=1S/C12H11ClFNS/c13-11-4-3-8(14)6-10(11)12(15)7-9-2-1-5-16-9/h1-6,12H,7,15H2. The van der Waals surface area contributed by atoms with Crippen molar-refractivity contribution < 1.29 is 4.39 Å². The molecule has 1 aromatic carbocycles. The van der Waals surface area contributed by atoms with E-state index in [1.807, 2.05) is 17.5 Å². The van der Waals surface area contributed by atoms with Gasteiger partial charge in [-0.1, -0.05) is 17.7 Å². The van der Waals surface area contributed by atoms with Crippen molar-refractivity contribution in [1.82, 2.24) is 0 Å². The van der Waals surface area contributed by atoms with Crippen LogP contribution in [0.15, 0.2) is 35.7 Å². The molecule has 0 saturated carbocycles. The molecule has 1 aromatic heterocycles. The summed E-state index contributed by atoms with van der Waals surface area (Å²) in [7, 11) is 0. The minimum absolute atomic E-state index is 0.262. The van der Waals surface area contributed by atoms with E-state index in [9.17, 15) is 4.39 Å². The number of halogens is 2. The molecule has 0 aliphatic rings. The van der Waals surface area contributed by atoms with Gasteiger partial charge in [0.25, 0.3) is 0 Å². The Bertz CT molecular complexity index is 470. The van der Waals surface area contributed by atoms with Crippen LogP contribution in [0.1, 0.15) is 16.5 Å². The number of nitrogens with two attached hydrogens (primary N) is 1. The second-order valence-corrected chi connectivity index (χ2v) is 5.00. The number of hydrogen-bond donors (Lipinski definition) is 1. The molecule has 4 heteroatoms. The van der Waals surface area contributed by atoms with Crippen molar-refractivity contribution in [3.63, 3.8) is 0 Å². The maximum Gasteiger partial charge on any atom is 0.123 e. The molecule has 16 heavy (non-hydrogen) atoms. The summed E-state index contributed by atoms with van der Waals surface area (Å²) >= 11 is 7.63. The van der Waals surface area contributed by atoms with E-state index in [0.717, 1.165) is 0 Å². The van der Waals surface area contributed by atoms with Gasteiger partial charge in [-0.2, -0.15) is 0 Å². The topological polar surface area (TPSA) is 26.0 Å². The summed E-state index contributed by atoms with van der Waals surface area (Å²) in [6.07, 6.45) is 0.681. The van der Waals surface area contributed by atoms with Crippen molar-refractivity contribution >= 4 is 22.9 Å². The summed E-state index contributed by atoms with van der Waals surface area (Å²) in [6.45, 7) is 0. The minimum atomic E-state index is -0.305. The Morgan fingerprint density at radius 2 is 2.19 bits per heavy atom. The van der Waals surface area contributed by atoms with Gasteiger partial charge < -0.3 is 5.73 Å². The zero-order chi connectivity index (χ0) is 11.5. The second-order valence-electron chi connectivity index (χ2n) is 3.56. The summed E-state index contributed by atoms with van der Waals surface area (Å²) in [5.41, 5.74) is 6.67. The highest BCUT2D eigenvalue weighted by atomic mass is 35.5. The van der Waals surface area contributed by atoms with E-state index in [4.69, 9.17) is 17.3 Å². The second kappa shape index (κ2) is 4.95. The van der Waals surface area contributed by atoms with Crippen molar-refractivity contribution in [2.45, 2.75) is 12.5 Å². The van der Waals surface area contributed by atoms with E-state index in [-0.39, 0.29) is 11.9 Å². The van der Waals surface area contributed by atoms with Crippen LogP contribution in [0.25, 0.3) is 0 Å². The SMILES string of the molecule is NC(Cc1cccs1)c1cc(F)ccc1Cl. The molecular weight excluding hydrogens is 245 g/mol. The van der Waals surface area contributed by atoms with Gasteiger partial charge in [-0.25, -0.2) is 4.39 Å². The van der Waals surface area contributed by atoms with Gasteiger partial charge in [-0.3, -0.25) is 0 Å². The van der Waals surface area contributed by atoms with Crippen LogP contribution in [0.2, 0.25) is 5.02 Å². The Morgan fingerprint density at radius 3 is 2.88 bits per heavy atom. The lowest BCUT2D eigenvalue weighted by Gasteiger charge is -2.12. The first-order valence-electron chi connectivity index (χ1n) is 4.89. The summed E-state index contributed by atoms with van der Waals surface area (Å²) in [6, 6.07) is 8.00. The van der Waals surface area contributed by atoms with E-state index < -0.39 is 0 Å². The molecule has 0 radical (unpaired) electrons. The molecule has 2 aromatic rings. The Kier molecular flexibility index (Phi) is 3.59. The van der Waals surface area contributed by atoms with Crippen LogP contribution in [0.5, 0.6) is 0 Å². The fraction of sp³-hybridized carbons (Fsp3) is 0.167. The molecule has 0 fully saturated rings. The van der Waals surface area contributed by atoms with Crippen LogP contribution in [-0.4, -0.2) is 0 Å². The molecule has 1 atom stereocenters. The molecule has 0 aliphatic heterocycles. The molecule has 0 spiro atoms. The Labute approximate surface area is 103 Å². The smallest absolute Gasteiger partial charge is 0.123 e. The van der Waals surface area contributed by atoms with Crippen LogP contribution in [0, 0.1) is 5.82 Å². The van der Waals surface area contributed by atoms with Gasteiger partial charge in [0.2, 0.25) is 0 Å². The number of hydrogen-bond acceptors (Lipinski definition) is 2.